The molecule has 0 amide bonds. The molecule has 4 rings (SSSR count). The minimum atomic E-state index is -0.483. The molecule has 2 N–H and O–H groups in total. The zero-order chi connectivity index (χ0) is 22.0. The van der Waals surface area contributed by atoms with E-state index in [1.807, 2.05) is 30.3 Å². The zero-order valence-electron chi connectivity index (χ0n) is 15.9. The Balaban J connectivity index is 2.00. The zero-order valence-corrected chi connectivity index (χ0v) is 18.3. The van der Waals surface area contributed by atoms with Crippen LogP contribution in [0.15, 0.2) is 82.1 Å². The number of nitrogens with zero attached hydrogens (tertiary/aromatic N) is 2. The third kappa shape index (κ3) is 4.28. The minimum absolute atomic E-state index is 0.0696. The SMILES string of the molecule is N=Cc1c(Nc2ccccc2)nc(-c2ccc(Br)c(F)c2)n(-c2ccc(Cl)cc2)c1=O. The maximum absolute atomic E-state index is 14.3. The number of rotatable bonds is 5. The molecule has 0 aliphatic rings. The van der Waals surface area contributed by atoms with Crippen LogP contribution in [0.1, 0.15) is 5.56 Å². The summed E-state index contributed by atoms with van der Waals surface area (Å²) in [5.74, 6) is -0.0550. The Morgan fingerprint density at radius 1 is 1.06 bits per heavy atom. The van der Waals surface area contributed by atoms with Gasteiger partial charge in [-0.3, -0.25) is 9.36 Å². The molecular weight excluding hydrogens is 483 g/mol. The molecule has 0 radical (unpaired) electrons. The molecule has 154 valence electrons. The number of para-hydroxylation sites is 1. The number of benzene rings is 3. The Morgan fingerprint density at radius 2 is 1.77 bits per heavy atom. The van der Waals surface area contributed by atoms with Crippen molar-refractivity contribution in [3.05, 3.63) is 104 Å². The van der Waals surface area contributed by atoms with E-state index in [1.54, 1.807) is 36.4 Å². The van der Waals surface area contributed by atoms with Crippen LogP contribution in [0.4, 0.5) is 15.9 Å². The number of hydrogen-bond donors (Lipinski definition) is 2. The molecular formula is C23H15BrClFN4O. The molecule has 1 aromatic heterocycles. The lowest BCUT2D eigenvalue weighted by atomic mass is 10.1. The molecule has 0 bridgehead atoms. The highest BCUT2D eigenvalue weighted by Gasteiger charge is 2.19. The second-order valence-corrected chi connectivity index (χ2v) is 7.87. The highest BCUT2D eigenvalue weighted by atomic mass is 79.9. The van der Waals surface area contributed by atoms with E-state index in [1.165, 1.54) is 10.6 Å². The van der Waals surface area contributed by atoms with Gasteiger partial charge in [0.1, 0.15) is 23.0 Å². The van der Waals surface area contributed by atoms with Crippen molar-refractivity contribution in [2.24, 2.45) is 0 Å². The van der Waals surface area contributed by atoms with Gasteiger partial charge in [0.25, 0.3) is 5.56 Å². The van der Waals surface area contributed by atoms with Crippen LogP contribution < -0.4 is 10.9 Å². The predicted molar refractivity (Wildman–Crippen MR) is 126 cm³/mol. The van der Waals surface area contributed by atoms with Crippen LogP contribution in [-0.4, -0.2) is 15.8 Å². The molecule has 8 heteroatoms. The van der Waals surface area contributed by atoms with Crippen molar-refractivity contribution in [2.75, 3.05) is 5.32 Å². The lowest BCUT2D eigenvalue weighted by Gasteiger charge is -2.17. The summed E-state index contributed by atoms with van der Waals surface area (Å²) < 4.78 is 16.0. The normalized spacial score (nSPS) is 10.7. The van der Waals surface area contributed by atoms with Crippen molar-refractivity contribution in [1.29, 1.82) is 5.41 Å². The molecule has 0 aliphatic carbocycles. The number of nitrogens with one attached hydrogen (secondary N) is 2. The molecule has 0 aliphatic heterocycles. The fourth-order valence-corrected chi connectivity index (χ4v) is 3.45. The van der Waals surface area contributed by atoms with Crippen molar-refractivity contribution in [3.8, 4) is 17.1 Å². The highest BCUT2D eigenvalue weighted by Crippen LogP contribution is 2.27. The lowest BCUT2D eigenvalue weighted by molar-refractivity contribution is 0.621. The van der Waals surface area contributed by atoms with Gasteiger partial charge in [0.2, 0.25) is 0 Å². The standard InChI is InChI=1S/C23H15BrClFN4O/c24-19-11-6-14(12-20(19)26)22-29-21(28-16-4-2-1-3-5-16)18(13-27)23(31)30(22)17-9-7-15(25)8-10-17/h1-13,27-28H. The quantitative estimate of drug-likeness (QED) is 0.323. The summed E-state index contributed by atoms with van der Waals surface area (Å²) in [4.78, 5) is 18.1. The van der Waals surface area contributed by atoms with Gasteiger partial charge in [-0.1, -0.05) is 29.8 Å². The Morgan fingerprint density at radius 3 is 2.42 bits per heavy atom. The van der Waals surface area contributed by atoms with Crippen LogP contribution in [0, 0.1) is 11.2 Å². The van der Waals surface area contributed by atoms with Crippen LogP contribution in [0.2, 0.25) is 5.02 Å². The minimum Gasteiger partial charge on any atom is -0.339 e. The van der Waals surface area contributed by atoms with Crippen LogP contribution in [-0.2, 0) is 0 Å². The summed E-state index contributed by atoms with van der Waals surface area (Å²) in [7, 11) is 0. The molecule has 0 atom stereocenters. The smallest absolute Gasteiger partial charge is 0.269 e. The average Bonchev–Trinajstić information content (AvgIpc) is 2.77. The van der Waals surface area contributed by atoms with E-state index in [4.69, 9.17) is 17.0 Å². The molecule has 1 heterocycles. The Hall–Kier alpha value is -3.29. The Labute approximate surface area is 190 Å². The van der Waals surface area contributed by atoms with Crippen molar-refractivity contribution in [1.82, 2.24) is 9.55 Å². The largest absolute Gasteiger partial charge is 0.339 e. The highest BCUT2D eigenvalue weighted by molar-refractivity contribution is 9.10. The number of aromatic nitrogens is 2. The van der Waals surface area contributed by atoms with E-state index >= 15 is 0 Å². The molecule has 0 fully saturated rings. The van der Waals surface area contributed by atoms with E-state index in [0.29, 0.717) is 26.4 Å². The van der Waals surface area contributed by atoms with Crippen molar-refractivity contribution >= 4 is 45.3 Å². The first kappa shape index (κ1) is 21.0. The van der Waals surface area contributed by atoms with E-state index in [-0.39, 0.29) is 17.2 Å². The summed E-state index contributed by atoms with van der Waals surface area (Å²) in [6, 6.07) is 20.3. The van der Waals surface area contributed by atoms with E-state index in [9.17, 15) is 9.18 Å². The lowest BCUT2D eigenvalue weighted by Crippen LogP contribution is -2.26. The summed E-state index contributed by atoms with van der Waals surface area (Å²) in [5.41, 5.74) is 1.20. The predicted octanol–water partition coefficient (Wildman–Crippen LogP) is 6.20. The molecule has 31 heavy (non-hydrogen) atoms. The maximum Gasteiger partial charge on any atom is 0.269 e. The molecule has 4 aromatic rings. The van der Waals surface area contributed by atoms with Crippen molar-refractivity contribution in [3.63, 3.8) is 0 Å². The van der Waals surface area contributed by atoms with Crippen LogP contribution in [0.25, 0.3) is 17.1 Å². The first-order valence-corrected chi connectivity index (χ1v) is 10.4. The topological polar surface area (TPSA) is 70.8 Å². The molecule has 0 saturated heterocycles. The Bertz CT molecular complexity index is 1320. The van der Waals surface area contributed by atoms with Gasteiger partial charge in [0.05, 0.1) is 10.2 Å². The Kier molecular flexibility index (Phi) is 5.97. The van der Waals surface area contributed by atoms with Gasteiger partial charge < -0.3 is 10.7 Å². The van der Waals surface area contributed by atoms with E-state index in [2.05, 4.69) is 26.2 Å². The first-order valence-electron chi connectivity index (χ1n) is 9.19. The summed E-state index contributed by atoms with van der Waals surface area (Å²) >= 11 is 9.15. The van der Waals surface area contributed by atoms with Crippen LogP contribution in [0.5, 0.6) is 0 Å². The van der Waals surface area contributed by atoms with Gasteiger partial charge in [-0.05, 0) is 70.5 Å². The monoisotopic (exact) mass is 496 g/mol. The van der Waals surface area contributed by atoms with Gasteiger partial charge in [0.15, 0.2) is 0 Å². The maximum atomic E-state index is 14.3. The molecule has 0 saturated carbocycles. The molecule has 3 aromatic carbocycles. The second kappa shape index (κ2) is 8.83. The third-order valence-electron chi connectivity index (χ3n) is 4.56. The van der Waals surface area contributed by atoms with Crippen LogP contribution >= 0.6 is 27.5 Å². The van der Waals surface area contributed by atoms with E-state index in [0.717, 1.165) is 6.21 Å². The van der Waals surface area contributed by atoms with Crippen molar-refractivity contribution < 1.29 is 4.39 Å². The summed E-state index contributed by atoms with van der Waals surface area (Å²) in [6.45, 7) is 0. The van der Waals surface area contributed by atoms with Gasteiger partial charge >= 0.3 is 0 Å². The number of anilines is 2. The van der Waals surface area contributed by atoms with Crippen molar-refractivity contribution in [2.45, 2.75) is 0 Å². The average molecular weight is 498 g/mol. The van der Waals surface area contributed by atoms with Gasteiger partial charge in [0, 0.05) is 22.5 Å². The number of halogens is 3. The third-order valence-corrected chi connectivity index (χ3v) is 5.46. The molecule has 0 unspecified atom stereocenters. The van der Waals surface area contributed by atoms with Gasteiger partial charge in [-0.2, -0.15) is 0 Å². The number of hydrogen-bond acceptors (Lipinski definition) is 4. The summed E-state index contributed by atoms with van der Waals surface area (Å²) in [5, 5.41) is 11.4. The summed E-state index contributed by atoms with van der Waals surface area (Å²) in [6.07, 6.45) is 0.957. The fraction of sp³-hybridized carbons (Fsp3) is 0. The fourth-order valence-electron chi connectivity index (χ4n) is 3.08. The second-order valence-electron chi connectivity index (χ2n) is 6.58. The molecule has 5 nitrogen and oxygen atoms in total. The first-order chi connectivity index (χ1) is 15.0. The van der Waals surface area contributed by atoms with Gasteiger partial charge in [-0.15, -0.1) is 0 Å². The van der Waals surface area contributed by atoms with Gasteiger partial charge in [-0.25, -0.2) is 9.37 Å². The van der Waals surface area contributed by atoms with E-state index < -0.39 is 11.4 Å². The molecule has 0 spiro atoms. The van der Waals surface area contributed by atoms with Crippen LogP contribution in [0.3, 0.4) is 0 Å².